The van der Waals surface area contributed by atoms with E-state index in [1.54, 1.807) is 11.0 Å². The van der Waals surface area contributed by atoms with Gasteiger partial charge in [-0.3, -0.25) is 4.79 Å². The van der Waals surface area contributed by atoms with Gasteiger partial charge in [-0.2, -0.15) is 13.2 Å². The Hall–Kier alpha value is -2.44. The number of amides is 1. The fourth-order valence-electron chi connectivity index (χ4n) is 4.01. The van der Waals surface area contributed by atoms with E-state index in [0.717, 1.165) is 17.5 Å². The number of benzene rings is 1. The molecule has 4 nitrogen and oxygen atoms in total. The SMILES string of the molecule is Cc1cc(C(=O)N2CCN(c3cccc(C(F)(F)F)c3)CC2)c(C)n1C(C)C. The Morgan fingerprint density at radius 1 is 1.04 bits per heavy atom. The summed E-state index contributed by atoms with van der Waals surface area (Å²) < 4.78 is 41.0. The van der Waals surface area contributed by atoms with Crippen molar-refractivity contribution in [3.63, 3.8) is 0 Å². The summed E-state index contributed by atoms with van der Waals surface area (Å²) >= 11 is 0. The van der Waals surface area contributed by atoms with Gasteiger partial charge in [0.25, 0.3) is 5.91 Å². The summed E-state index contributed by atoms with van der Waals surface area (Å²) in [6, 6.07) is 7.57. The zero-order chi connectivity index (χ0) is 20.6. The first-order chi connectivity index (χ1) is 13.1. The van der Waals surface area contributed by atoms with E-state index >= 15 is 0 Å². The molecule has 28 heavy (non-hydrogen) atoms. The predicted molar refractivity (Wildman–Crippen MR) is 104 cm³/mol. The summed E-state index contributed by atoms with van der Waals surface area (Å²) in [5.41, 5.74) is 2.61. The third kappa shape index (κ3) is 3.88. The number of carbonyl (C=O) groups is 1. The third-order valence-electron chi connectivity index (χ3n) is 5.34. The minimum atomic E-state index is -4.35. The largest absolute Gasteiger partial charge is 0.416 e. The van der Waals surface area contributed by atoms with E-state index in [2.05, 4.69) is 18.4 Å². The van der Waals surface area contributed by atoms with Crippen molar-refractivity contribution in [2.45, 2.75) is 39.9 Å². The van der Waals surface area contributed by atoms with Crippen LogP contribution in [0.25, 0.3) is 0 Å². The van der Waals surface area contributed by atoms with Crippen LogP contribution in [-0.4, -0.2) is 41.6 Å². The Labute approximate surface area is 163 Å². The molecule has 0 N–H and O–H groups in total. The highest BCUT2D eigenvalue weighted by Crippen LogP contribution is 2.32. The molecule has 1 amide bonds. The number of hydrogen-bond donors (Lipinski definition) is 0. The molecule has 0 radical (unpaired) electrons. The highest BCUT2D eigenvalue weighted by Gasteiger charge is 2.31. The molecule has 0 spiro atoms. The number of aryl methyl sites for hydroxylation is 1. The predicted octanol–water partition coefficient (Wildman–Crippen LogP) is 4.67. The first kappa shape index (κ1) is 20.3. The van der Waals surface area contributed by atoms with Crippen molar-refractivity contribution in [1.29, 1.82) is 0 Å². The Bertz CT molecular complexity index is 862. The van der Waals surface area contributed by atoms with Gasteiger partial charge in [-0.05, 0) is 52.0 Å². The lowest BCUT2D eigenvalue weighted by atomic mass is 10.1. The van der Waals surface area contributed by atoms with Crippen molar-refractivity contribution in [3.05, 3.63) is 52.8 Å². The van der Waals surface area contributed by atoms with Crippen molar-refractivity contribution in [2.24, 2.45) is 0 Å². The highest BCUT2D eigenvalue weighted by molar-refractivity contribution is 5.96. The highest BCUT2D eigenvalue weighted by atomic mass is 19.4. The van der Waals surface area contributed by atoms with Gasteiger partial charge in [0.05, 0.1) is 11.1 Å². The molecule has 2 aromatic rings. The van der Waals surface area contributed by atoms with Gasteiger partial charge in [0.15, 0.2) is 0 Å². The molecule has 1 aromatic carbocycles. The number of carbonyl (C=O) groups excluding carboxylic acids is 1. The second-order valence-corrected chi connectivity index (χ2v) is 7.58. The van der Waals surface area contributed by atoms with Gasteiger partial charge in [-0.15, -0.1) is 0 Å². The second kappa shape index (κ2) is 7.53. The fraction of sp³-hybridized carbons (Fsp3) is 0.476. The zero-order valence-corrected chi connectivity index (χ0v) is 16.7. The van der Waals surface area contributed by atoms with Crippen LogP contribution in [-0.2, 0) is 6.18 Å². The van der Waals surface area contributed by atoms with Crippen molar-refractivity contribution >= 4 is 11.6 Å². The van der Waals surface area contributed by atoms with Gasteiger partial charge in [0.2, 0.25) is 0 Å². The first-order valence-electron chi connectivity index (χ1n) is 9.49. The van der Waals surface area contributed by atoms with Crippen LogP contribution in [0.15, 0.2) is 30.3 Å². The van der Waals surface area contributed by atoms with Crippen LogP contribution in [0.1, 0.15) is 47.2 Å². The zero-order valence-electron chi connectivity index (χ0n) is 16.7. The molecule has 1 aliphatic heterocycles. The molecule has 0 bridgehead atoms. The van der Waals surface area contributed by atoms with Gasteiger partial charge in [-0.25, -0.2) is 0 Å². The van der Waals surface area contributed by atoms with Crippen LogP contribution in [0, 0.1) is 13.8 Å². The van der Waals surface area contributed by atoms with Gasteiger partial charge in [0.1, 0.15) is 0 Å². The summed E-state index contributed by atoms with van der Waals surface area (Å²) in [6.45, 7) is 10.1. The van der Waals surface area contributed by atoms with Crippen LogP contribution in [0.5, 0.6) is 0 Å². The van der Waals surface area contributed by atoms with Crippen LogP contribution in [0.4, 0.5) is 18.9 Å². The molecule has 152 valence electrons. The van der Waals surface area contributed by atoms with E-state index in [1.807, 2.05) is 24.8 Å². The second-order valence-electron chi connectivity index (χ2n) is 7.58. The van der Waals surface area contributed by atoms with E-state index in [0.29, 0.717) is 37.4 Å². The Morgan fingerprint density at radius 2 is 1.68 bits per heavy atom. The quantitative estimate of drug-likeness (QED) is 0.758. The van der Waals surface area contributed by atoms with Crippen molar-refractivity contribution < 1.29 is 18.0 Å². The van der Waals surface area contributed by atoms with Gasteiger partial charge >= 0.3 is 6.18 Å². The van der Waals surface area contributed by atoms with E-state index < -0.39 is 11.7 Å². The minimum Gasteiger partial charge on any atom is -0.368 e. The summed E-state index contributed by atoms with van der Waals surface area (Å²) in [6.07, 6.45) is -4.35. The number of rotatable bonds is 3. The maximum Gasteiger partial charge on any atom is 0.416 e. The van der Waals surface area contributed by atoms with Crippen LogP contribution in [0.3, 0.4) is 0 Å². The fourth-order valence-corrected chi connectivity index (χ4v) is 4.01. The molecule has 1 saturated heterocycles. The van der Waals surface area contributed by atoms with E-state index in [1.165, 1.54) is 12.1 Å². The molecule has 1 aliphatic rings. The van der Waals surface area contributed by atoms with Crippen LogP contribution < -0.4 is 4.90 Å². The van der Waals surface area contributed by atoms with Crippen molar-refractivity contribution in [3.8, 4) is 0 Å². The molecular formula is C21H26F3N3O. The average Bonchev–Trinajstić information content (AvgIpc) is 2.95. The number of alkyl halides is 3. The molecule has 7 heteroatoms. The maximum atomic E-state index is 13.0. The summed E-state index contributed by atoms with van der Waals surface area (Å²) in [7, 11) is 0. The number of hydrogen-bond acceptors (Lipinski definition) is 2. The molecule has 0 aliphatic carbocycles. The summed E-state index contributed by atoms with van der Waals surface area (Å²) in [5.74, 6) is -0.0105. The third-order valence-corrected chi connectivity index (χ3v) is 5.34. The van der Waals surface area contributed by atoms with Gasteiger partial charge in [-0.1, -0.05) is 6.07 Å². The average molecular weight is 393 g/mol. The first-order valence-corrected chi connectivity index (χ1v) is 9.49. The number of nitrogens with zero attached hydrogens (tertiary/aromatic N) is 3. The Morgan fingerprint density at radius 3 is 2.21 bits per heavy atom. The summed E-state index contributed by atoms with van der Waals surface area (Å²) in [4.78, 5) is 16.7. The van der Waals surface area contributed by atoms with Crippen LogP contribution in [0.2, 0.25) is 0 Å². The Balaban J connectivity index is 1.71. The topological polar surface area (TPSA) is 28.5 Å². The van der Waals surface area contributed by atoms with E-state index in [-0.39, 0.29) is 11.9 Å². The minimum absolute atomic E-state index is 0.0105. The van der Waals surface area contributed by atoms with Gasteiger partial charge < -0.3 is 14.4 Å². The Kier molecular flexibility index (Phi) is 5.46. The molecule has 1 fully saturated rings. The van der Waals surface area contributed by atoms with E-state index in [4.69, 9.17) is 0 Å². The molecule has 0 unspecified atom stereocenters. The summed E-state index contributed by atoms with van der Waals surface area (Å²) in [5, 5.41) is 0. The smallest absolute Gasteiger partial charge is 0.368 e. The maximum absolute atomic E-state index is 13.0. The van der Waals surface area contributed by atoms with Crippen LogP contribution >= 0.6 is 0 Å². The molecule has 3 rings (SSSR count). The monoisotopic (exact) mass is 393 g/mol. The molecule has 0 atom stereocenters. The molecule has 0 saturated carbocycles. The standard InChI is InChI=1S/C21H26F3N3O/c1-14(2)27-15(3)12-19(16(27)4)20(28)26-10-8-25(9-11-26)18-7-5-6-17(13-18)21(22,23)24/h5-7,12-14H,8-11H2,1-4H3. The normalized spacial score (nSPS) is 15.4. The molecule has 2 heterocycles. The lowest BCUT2D eigenvalue weighted by Gasteiger charge is -2.36. The number of halogens is 3. The number of anilines is 1. The van der Waals surface area contributed by atoms with Crippen molar-refractivity contribution in [2.75, 3.05) is 31.1 Å². The van der Waals surface area contributed by atoms with E-state index in [9.17, 15) is 18.0 Å². The molecular weight excluding hydrogens is 367 g/mol. The number of piperazine rings is 1. The number of aromatic nitrogens is 1. The lowest BCUT2D eigenvalue weighted by Crippen LogP contribution is -2.49. The van der Waals surface area contributed by atoms with Gasteiger partial charge in [0, 0.05) is 49.3 Å². The lowest BCUT2D eigenvalue weighted by molar-refractivity contribution is -0.137. The van der Waals surface area contributed by atoms with Crippen molar-refractivity contribution in [1.82, 2.24) is 9.47 Å². The molecule has 1 aromatic heterocycles.